The number of hydrogen-bond donors (Lipinski definition) is 4. The zero-order valence-corrected chi connectivity index (χ0v) is 14.2. The van der Waals surface area contributed by atoms with Crippen molar-refractivity contribution >= 4 is 5.91 Å². The molecular weight excluding hydrogens is 320 g/mol. The molecule has 0 saturated heterocycles. The van der Waals surface area contributed by atoms with Gasteiger partial charge in [-0.05, 0) is 43.5 Å². The minimum absolute atomic E-state index is 0.0239. The second-order valence-corrected chi connectivity index (χ2v) is 6.46. The van der Waals surface area contributed by atoms with Crippen LogP contribution in [0.15, 0.2) is 30.5 Å². The zero-order valence-electron chi connectivity index (χ0n) is 14.2. The van der Waals surface area contributed by atoms with Crippen LogP contribution in [-0.2, 0) is 11.3 Å². The van der Waals surface area contributed by atoms with Gasteiger partial charge in [0, 0.05) is 29.6 Å². The topological polar surface area (TPSA) is 113 Å². The molecule has 3 atom stereocenters. The summed E-state index contributed by atoms with van der Waals surface area (Å²) in [6, 6.07) is 7.33. The summed E-state index contributed by atoms with van der Waals surface area (Å²) < 4.78 is 5.17. The van der Waals surface area contributed by atoms with Gasteiger partial charge >= 0.3 is 0 Å². The van der Waals surface area contributed by atoms with Gasteiger partial charge in [-0.2, -0.15) is 5.10 Å². The van der Waals surface area contributed by atoms with Crippen LogP contribution in [0.25, 0.3) is 11.3 Å². The van der Waals surface area contributed by atoms with Crippen LogP contribution in [0.2, 0.25) is 0 Å². The third-order valence-electron chi connectivity index (χ3n) is 4.78. The lowest BCUT2D eigenvalue weighted by Gasteiger charge is -2.30. The molecular formula is C18H24N4O3. The number of methoxy groups -OCH3 is 1. The number of aliphatic hydroxyl groups excluding tert-OH is 1. The van der Waals surface area contributed by atoms with Crippen molar-refractivity contribution in [3.05, 3.63) is 36.0 Å². The van der Waals surface area contributed by atoms with Gasteiger partial charge < -0.3 is 20.9 Å². The SMILES string of the molecule is COc1ccc(-c2[nH]ncc2CNC(=O)[C@H]2CC[C@@H](O)[C@H](N)C2)cc1. The van der Waals surface area contributed by atoms with Crippen molar-refractivity contribution in [2.45, 2.75) is 38.0 Å². The number of nitrogens with zero attached hydrogens (tertiary/aromatic N) is 1. The number of nitrogens with one attached hydrogen (secondary N) is 2. The molecule has 0 bridgehead atoms. The number of carbonyl (C=O) groups excluding carboxylic acids is 1. The largest absolute Gasteiger partial charge is 0.497 e. The van der Waals surface area contributed by atoms with Crippen molar-refractivity contribution in [1.82, 2.24) is 15.5 Å². The van der Waals surface area contributed by atoms with Gasteiger partial charge in [-0.15, -0.1) is 0 Å². The van der Waals surface area contributed by atoms with E-state index < -0.39 is 6.10 Å². The molecule has 1 fully saturated rings. The van der Waals surface area contributed by atoms with Crippen LogP contribution in [0.4, 0.5) is 0 Å². The highest BCUT2D eigenvalue weighted by Crippen LogP contribution is 2.25. The average Bonchev–Trinajstić information content (AvgIpc) is 3.10. The normalized spacial score (nSPS) is 23.2. The molecule has 1 heterocycles. The maximum absolute atomic E-state index is 12.4. The first-order chi connectivity index (χ1) is 12.1. The molecule has 1 amide bonds. The molecule has 3 rings (SSSR count). The Morgan fingerprint density at radius 2 is 2.16 bits per heavy atom. The lowest BCUT2D eigenvalue weighted by atomic mass is 9.83. The molecule has 0 radical (unpaired) electrons. The van der Waals surface area contributed by atoms with Crippen LogP contribution in [0.1, 0.15) is 24.8 Å². The summed E-state index contributed by atoms with van der Waals surface area (Å²) in [5, 5.41) is 19.7. The number of H-pyrrole nitrogens is 1. The molecule has 25 heavy (non-hydrogen) atoms. The van der Waals surface area contributed by atoms with E-state index in [0.717, 1.165) is 22.6 Å². The molecule has 2 aromatic rings. The molecule has 1 aliphatic rings. The number of carbonyl (C=O) groups is 1. The van der Waals surface area contributed by atoms with Crippen molar-refractivity contribution < 1.29 is 14.6 Å². The molecule has 1 aliphatic carbocycles. The lowest BCUT2D eigenvalue weighted by Crippen LogP contribution is -2.44. The van der Waals surface area contributed by atoms with E-state index in [9.17, 15) is 9.90 Å². The molecule has 0 spiro atoms. The first-order valence-electron chi connectivity index (χ1n) is 8.46. The van der Waals surface area contributed by atoms with Crippen LogP contribution in [0.5, 0.6) is 5.75 Å². The summed E-state index contributed by atoms with van der Waals surface area (Å²) in [5.74, 6) is 0.618. The average molecular weight is 344 g/mol. The van der Waals surface area contributed by atoms with Gasteiger partial charge in [-0.25, -0.2) is 0 Å². The van der Waals surface area contributed by atoms with E-state index in [2.05, 4.69) is 15.5 Å². The van der Waals surface area contributed by atoms with Gasteiger partial charge in [0.15, 0.2) is 0 Å². The fourth-order valence-electron chi connectivity index (χ4n) is 3.21. The highest BCUT2D eigenvalue weighted by molar-refractivity contribution is 5.79. The second-order valence-electron chi connectivity index (χ2n) is 6.46. The van der Waals surface area contributed by atoms with Crippen molar-refractivity contribution in [1.29, 1.82) is 0 Å². The maximum Gasteiger partial charge on any atom is 0.223 e. The Kier molecular flexibility index (Phi) is 5.35. The number of amides is 1. The standard InChI is InChI=1S/C18H24N4O3/c1-25-14-5-2-11(3-6-14)17-13(10-21-22-17)9-20-18(24)12-4-7-16(23)15(19)8-12/h2-3,5-6,10,12,15-16,23H,4,7-9,19H2,1H3,(H,20,24)(H,21,22)/t12-,15+,16+/m0/s1. The first kappa shape index (κ1) is 17.4. The van der Waals surface area contributed by atoms with Crippen LogP contribution >= 0.6 is 0 Å². The summed E-state index contributed by atoms with van der Waals surface area (Å²) in [7, 11) is 1.63. The predicted octanol–water partition coefficient (Wildman–Crippen LogP) is 1.19. The van der Waals surface area contributed by atoms with Crippen molar-refractivity contribution in [3.8, 4) is 17.0 Å². The van der Waals surface area contributed by atoms with Gasteiger partial charge in [-0.3, -0.25) is 9.89 Å². The van der Waals surface area contributed by atoms with E-state index >= 15 is 0 Å². The lowest BCUT2D eigenvalue weighted by molar-refractivity contribution is -0.127. The van der Waals surface area contributed by atoms with Gasteiger partial charge in [0.05, 0.1) is 25.1 Å². The molecule has 0 unspecified atom stereocenters. The summed E-state index contributed by atoms with van der Waals surface area (Å²) in [6.45, 7) is 0.394. The number of aliphatic hydroxyl groups is 1. The van der Waals surface area contributed by atoms with Crippen LogP contribution in [-0.4, -0.2) is 40.5 Å². The Labute approximate surface area is 146 Å². The summed E-state index contributed by atoms with van der Waals surface area (Å²) >= 11 is 0. The van der Waals surface area contributed by atoms with E-state index in [-0.39, 0.29) is 17.9 Å². The summed E-state index contributed by atoms with van der Waals surface area (Å²) in [5.41, 5.74) is 8.63. The van der Waals surface area contributed by atoms with Crippen LogP contribution in [0, 0.1) is 5.92 Å². The van der Waals surface area contributed by atoms with Gasteiger partial charge in [0.25, 0.3) is 0 Å². The number of hydrogen-bond acceptors (Lipinski definition) is 5. The van der Waals surface area contributed by atoms with E-state index in [1.807, 2.05) is 24.3 Å². The molecule has 1 aromatic heterocycles. The predicted molar refractivity (Wildman–Crippen MR) is 93.7 cm³/mol. The molecule has 7 heteroatoms. The van der Waals surface area contributed by atoms with E-state index in [0.29, 0.717) is 25.8 Å². The van der Waals surface area contributed by atoms with Crippen molar-refractivity contribution in [2.24, 2.45) is 11.7 Å². The summed E-state index contributed by atoms with van der Waals surface area (Å²) in [4.78, 5) is 12.4. The Morgan fingerprint density at radius 1 is 1.40 bits per heavy atom. The highest BCUT2D eigenvalue weighted by Gasteiger charge is 2.30. The molecule has 134 valence electrons. The highest BCUT2D eigenvalue weighted by atomic mass is 16.5. The van der Waals surface area contributed by atoms with Gasteiger partial charge in [0.1, 0.15) is 5.75 Å². The fourth-order valence-corrected chi connectivity index (χ4v) is 3.21. The van der Waals surface area contributed by atoms with E-state index in [1.165, 1.54) is 0 Å². The number of aromatic amines is 1. The van der Waals surface area contributed by atoms with E-state index in [4.69, 9.17) is 10.5 Å². The molecule has 1 aromatic carbocycles. The van der Waals surface area contributed by atoms with Gasteiger partial charge in [-0.1, -0.05) is 0 Å². The smallest absolute Gasteiger partial charge is 0.223 e. The second kappa shape index (κ2) is 7.67. The maximum atomic E-state index is 12.4. The number of ether oxygens (including phenoxy) is 1. The van der Waals surface area contributed by atoms with Crippen LogP contribution < -0.4 is 15.8 Å². The van der Waals surface area contributed by atoms with E-state index in [1.54, 1.807) is 13.3 Å². The monoisotopic (exact) mass is 344 g/mol. The third-order valence-corrected chi connectivity index (χ3v) is 4.78. The zero-order chi connectivity index (χ0) is 17.8. The molecule has 7 nitrogen and oxygen atoms in total. The van der Waals surface area contributed by atoms with Crippen molar-refractivity contribution in [2.75, 3.05) is 7.11 Å². The fraction of sp³-hybridized carbons (Fsp3) is 0.444. The summed E-state index contributed by atoms with van der Waals surface area (Å²) in [6.07, 6.45) is 2.97. The minimum atomic E-state index is -0.500. The minimum Gasteiger partial charge on any atom is -0.497 e. The van der Waals surface area contributed by atoms with Crippen molar-refractivity contribution in [3.63, 3.8) is 0 Å². The Balaban J connectivity index is 1.62. The molecule has 5 N–H and O–H groups in total. The Morgan fingerprint density at radius 3 is 2.84 bits per heavy atom. The first-order valence-corrected chi connectivity index (χ1v) is 8.46. The number of rotatable bonds is 5. The number of benzene rings is 1. The number of nitrogens with two attached hydrogens (primary N) is 1. The quantitative estimate of drug-likeness (QED) is 0.651. The molecule has 0 aliphatic heterocycles. The third kappa shape index (κ3) is 4.00. The number of aromatic nitrogens is 2. The Bertz CT molecular complexity index is 713. The van der Waals surface area contributed by atoms with Gasteiger partial charge in [0.2, 0.25) is 5.91 Å². The molecule has 1 saturated carbocycles. The Hall–Kier alpha value is -2.38. The van der Waals surface area contributed by atoms with Crippen LogP contribution in [0.3, 0.4) is 0 Å².